The summed E-state index contributed by atoms with van der Waals surface area (Å²) >= 11 is 1.63. The summed E-state index contributed by atoms with van der Waals surface area (Å²) in [4.78, 5) is 20.3. The molecule has 164 valence electrons. The highest BCUT2D eigenvalue weighted by molar-refractivity contribution is 8.14. The predicted molar refractivity (Wildman–Crippen MR) is 133 cm³/mol. The van der Waals surface area contributed by atoms with Crippen LogP contribution in [-0.2, 0) is 4.79 Å². The molecule has 0 N–H and O–H groups in total. The molecule has 0 saturated carbocycles. The van der Waals surface area contributed by atoms with E-state index < -0.39 is 0 Å². The number of carbonyl (C=O) groups excluding carboxylic acids is 1. The normalized spacial score (nSPS) is 17.2. The van der Waals surface area contributed by atoms with Crippen molar-refractivity contribution in [3.8, 4) is 5.75 Å². The molecule has 0 aliphatic carbocycles. The molecular formula is C27H28N2O2S. The summed E-state index contributed by atoms with van der Waals surface area (Å²) in [5, 5.41) is 0.745. The van der Waals surface area contributed by atoms with E-state index in [1.54, 1.807) is 11.8 Å². The largest absolute Gasteiger partial charge is 0.492 e. The molecule has 1 aliphatic heterocycles. The molecule has 0 spiro atoms. The van der Waals surface area contributed by atoms with Crippen LogP contribution in [0.25, 0.3) is 0 Å². The molecular weight excluding hydrogens is 416 g/mol. The van der Waals surface area contributed by atoms with Crippen molar-refractivity contribution in [2.45, 2.75) is 32.2 Å². The van der Waals surface area contributed by atoms with Gasteiger partial charge in [-0.1, -0.05) is 84.6 Å². The lowest BCUT2D eigenvalue weighted by Crippen LogP contribution is -2.38. The van der Waals surface area contributed by atoms with Crippen molar-refractivity contribution in [1.29, 1.82) is 0 Å². The monoisotopic (exact) mass is 444 g/mol. The number of nitrogens with zero attached hydrogens (tertiary/aromatic N) is 2. The molecule has 4 rings (SSSR count). The van der Waals surface area contributed by atoms with Crippen LogP contribution in [0, 0.1) is 0 Å². The van der Waals surface area contributed by atoms with E-state index in [4.69, 9.17) is 9.73 Å². The van der Waals surface area contributed by atoms with Crippen LogP contribution >= 0.6 is 11.8 Å². The molecule has 1 amide bonds. The van der Waals surface area contributed by atoms with Crippen LogP contribution in [0.15, 0.2) is 89.9 Å². The first-order valence-electron chi connectivity index (χ1n) is 11.0. The number of amides is 1. The Morgan fingerprint density at radius 2 is 1.59 bits per heavy atom. The topological polar surface area (TPSA) is 41.9 Å². The molecule has 1 atom stereocenters. The van der Waals surface area contributed by atoms with Gasteiger partial charge in [0, 0.05) is 24.1 Å². The highest BCUT2D eigenvalue weighted by atomic mass is 32.2. The zero-order valence-corrected chi connectivity index (χ0v) is 19.3. The summed E-state index contributed by atoms with van der Waals surface area (Å²) in [6, 6.07) is 28.3. The van der Waals surface area contributed by atoms with Crippen LogP contribution in [0.1, 0.15) is 37.3 Å². The highest BCUT2D eigenvalue weighted by Crippen LogP contribution is 2.35. The van der Waals surface area contributed by atoms with E-state index in [-0.39, 0.29) is 17.9 Å². The molecule has 4 nitrogen and oxygen atoms in total. The van der Waals surface area contributed by atoms with Gasteiger partial charge in [-0.25, -0.2) is 4.99 Å². The summed E-state index contributed by atoms with van der Waals surface area (Å²) in [6.45, 7) is 4.62. The number of carbonyl (C=O) groups is 1. The number of benzene rings is 3. The molecule has 0 aromatic heterocycles. The molecule has 0 radical (unpaired) electrons. The van der Waals surface area contributed by atoms with Gasteiger partial charge in [-0.2, -0.15) is 0 Å². The first-order valence-corrected chi connectivity index (χ1v) is 12.0. The lowest BCUT2D eigenvalue weighted by atomic mass is 9.88. The Kier molecular flexibility index (Phi) is 7.28. The number of para-hydroxylation sites is 2. The zero-order valence-electron chi connectivity index (χ0n) is 18.5. The maximum Gasteiger partial charge on any atom is 0.229 e. The van der Waals surface area contributed by atoms with E-state index in [1.807, 2.05) is 72.5 Å². The van der Waals surface area contributed by atoms with Crippen molar-refractivity contribution in [3.05, 3.63) is 96.1 Å². The maximum atomic E-state index is 13.6. The van der Waals surface area contributed by atoms with E-state index in [2.05, 4.69) is 31.2 Å². The Morgan fingerprint density at radius 1 is 1.00 bits per heavy atom. The van der Waals surface area contributed by atoms with E-state index in [0.29, 0.717) is 13.0 Å². The van der Waals surface area contributed by atoms with Crippen molar-refractivity contribution in [2.24, 2.45) is 4.99 Å². The smallest absolute Gasteiger partial charge is 0.229 e. The molecule has 1 aliphatic rings. The van der Waals surface area contributed by atoms with Crippen molar-refractivity contribution in [2.75, 3.05) is 12.4 Å². The summed E-state index contributed by atoms with van der Waals surface area (Å²) in [6.07, 6.45) is 0.394. The van der Waals surface area contributed by atoms with Gasteiger partial charge in [0.25, 0.3) is 0 Å². The number of hydrogen-bond donors (Lipinski definition) is 0. The third-order valence-electron chi connectivity index (χ3n) is 5.53. The molecule has 3 aromatic rings. The zero-order chi connectivity index (χ0) is 22.3. The van der Waals surface area contributed by atoms with Crippen LogP contribution in [0.5, 0.6) is 5.75 Å². The van der Waals surface area contributed by atoms with Crippen molar-refractivity contribution < 1.29 is 9.53 Å². The number of amidine groups is 1. The third kappa shape index (κ3) is 5.05. The minimum absolute atomic E-state index is 0.000314. The number of ether oxygens (including phenoxy) is 1. The van der Waals surface area contributed by atoms with E-state index >= 15 is 0 Å². The molecule has 1 heterocycles. The first kappa shape index (κ1) is 22.2. The minimum atomic E-state index is -0.000314. The lowest BCUT2D eigenvalue weighted by Gasteiger charge is -2.25. The Balaban J connectivity index is 1.63. The van der Waals surface area contributed by atoms with E-state index in [9.17, 15) is 4.79 Å². The molecule has 32 heavy (non-hydrogen) atoms. The molecule has 0 unspecified atom stereocenters. The fourth-order valence-corrected chi connectivity index (χ4v) is 5.09. The van der Waals surface area contributed by atoms with Crippen molar-refractivity contribution >= 4 is 28.5 Å². The number of rotatable bonds is 7. The van der Waals surface area contributed by atoms with Gasteiger partial charge in [-0.15, -0.1) is 0 Å². The van der Waals surface area contributed by atoms with Crippen LogP contribution < -0.4 is 4.74 Å². The Bertz CT molecular complexity index is 1030. The predicted octanol–water partition coefficient (Wildman–Crippen LogP) is 6.26. The van der Waals surface area contributed by atoms with Gasteiger partial charge in [0.05, 0.1) is 6.61 Å². The Morgan fingerprint density at radius 3 is 2.22 bits per heavy atom. The summed E-state index contributed by atoms with van der Waals surface area (Å²) < 4.78 is 5.73. The number of hydrogen-bond acceptors (Lipinski definition) is 4. The van der Waals surface area contributed by atoms with E-state index in [0.717, 1.165) is 33.5 Å². The number of aliphatic imine (C=N–C) groups is 1. The van der Waals surface area contributed by atoms with Crippen molar-refractivity contribution in [3.63, 3.8) is 0 Å². The van der Waals surface area contributed by atoms with Gasteiger partial charge in [0.1, 0.15) is 11.4 Å². The average molecular weight is 445 g/mol. The fraction of sp³-hybridized carbons (Fsp3) is 0.259. The van der Waals surface area contributed by atoms with Gasteiger partial charge < -0.3 is 4.74 Å². The first-order chi connectivity index (χ1) is 15.7. The minimum Gasteiger partial charge on any atom is -0.492 e. The van der Waals surface area contributed by atoms with Gasteiger partial charge >= 0.3 is 0 Å². The van der Waals surface area contributed by atoms with Gasteiger partial charge in [-0.3, -0.25) is 9.69 Å². The molecule has 5 heteroatoms. The Hall–Kier alpha value is -3.05. The van der Waals surface area contributed by atoms with E-state index in [1.165, 1.54) is 0 Å². The molecule has 3 aromatic carbocycles. The van der Waals surface area contributed by atoms with Gasteiger partial charge in [-0.05, 0) is 37.1 Å². The van der Waals surface area contributed by atoms with Crippen LogP contribution in [0.4, 0.5) is 5.69 Å². The van der Waals surface area contributed by atoms with Crippen LogP contribution in [0.3, 0.4) is 0 Å². The second kappa shape index (κ2) is 10.5. The van der Waals surface area contributed by atoms with Crippen molar-refractivity contribution in [1.82, 2.24) is 4.90 Å². The lowest BCUT2D eigenvalue weighted by molar-refractivity contribution is -0.128. The average Bonchev–Trinajstić information content (AvgIpc) is 3.20. The summed E-state index contributed by atoms with van der Waals surface area (Å²) in [7, 11) is 0. The second-order valence-electron chi connectivity index (χ2n) is 7.80. The van der Waals surface area contributed by atoms with Crippen LogP contribution in [-0.4, -0.2) is 34.4 Å². The summed E-state index contributed by atoms with van der Waals surface area (Å²) in [5.41, 5.74) is 3.05. The highest BCUT2D eigenvalue weighted by Gasteiger charge is 2.34. The quantitative estimate of drug-likeness (QED) is 0.432. The summed E-state index contributed by atoms with van der Waals surface area (Å²) in [5.74, 6) is 1.66. The second-order valence-corrected chi connectivity index (χ2v) is 8.78. The maximum absolute atomic E-state index is 13.6. The SMILES string of the molecule is CCOc1ccccc1N=C1SC[C@H](C)N1C(=O)CC(c1ccccc1)c1ccccc1. The fourth-order valence-electron chi connectivity index (χ4n) is 3.97. The molecule has 1 saturated heterocycles. The number of thioether (sulfide) groups is 1. The van der Waals surface area contributed by atoms with Crippen LogP contribution in [0.2, 0.25) is 0 Å². The van der Waals surface area contributed by atoms with Gasteiger partial charge in [0.2, 0.25) is 5.91 Å². The Labute approximate surface area is 194 Å². The third-order valence-corrected chi connectivity index (χ3v) is 6.73. The van der Waals surface area contributed by atoms with Gasteiger partial charge in [0.15, 0.2) is 5.17 Å². The molecule has 0 bridgehead atoms. The molecule has 1 fully saturated rings. The standard InChI is InChI=1S/C27H28N2O2S/c1-3-31-25-17-11-10-16-24(25)28-27-29(20(2)19-32-27)26(30)18-23(21-12-6-4-7-13-21)22-14-8-5-9-15-22/h4-17,20,23H,3,18-19H2,1-2H3/t20-/m0/s1.